The van der Waals surface area contributed by atoms with Crippen LogP contribution < -0.4 is 10.9 Å². The Labute approximate surface area is 164 Å². The van der Waals surface area contributed by atoms with Crippen molar-refractivity contribution in [1.29, 1.82) is 0 Å². The number of anilines is 1. The molecule has 7 heteroatoms. The molecule has 0 bridgehead atoms. The van der Waals surface area contributed by atoms with E-state index in [0.29, 0.717) is 11.1 Å². The number of carbonyl (C=O) groups is 1. The molecule has 6 nitrogen and oxygen atoms in total. The summed E-state index contributed by atoms with van der Waals surface area (Å²) in [7, 11) is 1.27. The van der Waals surface area contributed by atoms with Crippen molar-refractivity contribution in [3.8, 4) is 0 Å². The maximum atomic E-state index is 12.3. The number of nitrogens with zero attached hydrogens (tertiary/aromatic N) is 1. The molecule has 0 aliphatic heterocycles. The number of benzene rings is 2. The van der Waals surface area contributed by atoms with Crippen molar-refractivity contribution in [3.05, 3.63) is 73.8 Å². The smallest absolute Gasteiger partial charge is 0.362 e. The highest BCUT2D eigenvalue weighted by atomic mass is 79.9. The van der Waals surface area contributed by atoms with Gasteiger partial charge in [0.15, 0.2) is 11.3 Å². The van der Waals surface area contributed by atoms with Crippen LogP contribution in [0, 0.1) is 13.8 Å². The Bertz CT molecular complexity index is 1100. The summed E-state index contributed by atoms with van der Waals surface area (Å²) in [6.45, 7) is 3.83. The van der Waals surface area contributed by atoms with Crippen LogP contribution in [0.15, 0.2) is 55.8 Å². The molecule has 0 saturated carbocycles. The SMILES string of the molecule is COC(=O)/C(=C/c1nc2ccccc2oc1=O)Nc1c(C)cc(Br)cc1C. The molecule has 0 amide bonds. The number of esters is 1. The molecular weight excluding hydrogens is 412 g/mol. The molecule has 0 radical (unpaired) electrons. The van der Waals surface area contributed by atoms with Crippen LogP contribution in [-0.4, -0.2) is 18.1 Å². The number of hydrogen-bond donors (Lipinski definition) is 1. The number of rotatable bonds is 4. The minimum absolute atomic E-state index is 0.00835. The Balaban J connectivity index is 2.10. The standard InChI is InChI=1S/C20H17BrN2O4/c1-11-8-13(21)9-12(2)18(11)23-15(19(24)26-3)10-16-20(25)27-17-7-5-4-6-14(17)22-16/h4-10,23H,1-3H3/b15-10-. The van der Waals surface area contributed by atoms with Crippen LogP contribution in [0.1, 0.15) is 16.8 Å². The van der Waals surface area contributed by atoms with Crippen LogP contribution in [0.25, 0.3) is 17.2 Å². The van der Waals surface area contributed by atoms with Crippen LogP contribution >= 0.6 is 15.9 Å². The summed E-state index contributed by atoms with van der Waals surface area (Å²) in [6.07, 6.45) is 1.34. The minimum Gasteiger partial charge on any atom is -0.464 e. The fourth-order valence-corrected chi connectivity index (χ4v) is 3.38. The van der Waals surface area contributed by atoms with E-state index in [4.69, 9.17) is 9.15 Å². The van der Waals surface area contributed by atoms with Crippen LogP contribution in [0.5, 0.6) is 0 Å². The van der Waals surface area contributed by atoms with Crippen molar-refractivity contribution >= 4 is 44.8 Å². The molecule has 3 rings (SSSR count). The number of hydrogen-bond acceptors (Lipinski definition) is 6. The van der Waals surface area contributed by atoms with Gasteiger partial charge < -0.3 is 14.5 Å². The van der Waals surface area contributed by atoms with Crippen molar-refractivity contribution in [2.24, 2.45) is 0 Å². The average molecular weight is 429 g/mol. The number of nitrogens with one attached hydrogen (secondary N) is 1. The summed E-state index contributed by atoms with van der Waals surface area (Å²) in [6, 6.07) is 10.8. The lowest BCUT2D eigenvalue weighted by Gasteiger charge is -2.15. The number of carbonyl (C=O) groups excluding carboxylic acids is 1. The number of para-hydroxylation sites is 2. The van der Waals surface area contributed by atoms with Gasteiger partial charge in [0.1, 0.15) is 11.2 Å². The van der Waals surface area contributed by atoms with Gasteiger partial charge in [0, 0.05) is 16.2 Å². The van der Waals surface area contributed by atoms with Gasteiger partial charge in [-0.25, -0.2) is 14.6 Å². The molecule has 0 spiro atoms. The highest BCUT2D eigenvalue weighted by Crippen LogP contribution is 2.26. The average Bonchev–Trinajstić information content (AvgIpc) is 2.63. The molecule has 0 atom stereocenters. The maximum Gasteiger partial charge on any atom is 0.362 e. The Morgan fingerprint density at radius 3 is 2.56 bits per heavy atom. The summed E-state index contributed by atoms with van der Waals surface area (Å²) < 4.78 is 11.1. The molecule has 0 aliphatic carbocycles. The Hall–Kier alpha value is -2.93. The maximum absolute atomic E-state index is 12.3. The van der Waals surface area contributed by atoms with Crippen LogP contribution in [-0.2, 0) is 9.53 Å². The lowest BCUT2D eigenvalue weighted by Crippen LogP contribution is -2.16. The summed E-state index contributed by atoms with van der Waals surface area (Å²) in [5.41, 5.74) is 2.96. The van der Waals surface area contributed by atoms with Crippen LogP contribution in [0.2, 0.25) is 0 Å². The molecular formula is C20H17BrN2O4. The van der Waals surface area contributed by atoms with E-state index in [9.17, 15) is 9.59 Å². The van der Waals surface area contributed by atoms with E-state index < -0.39 is 11.6 Å². The summed E-state index contributed by atoms with van der Waals surface area (Å²) in [4.78, 5) is 28.8. The first-order chi connectivity index (χ1) is 12.9. The predicted octanol–water partition coefficient (Wildman–Crippen LogP) is 4.19. The van der Waals surface area contributed by atoms with Crippen LogP contribution in [0.4, 0.5) is 5.69 Å². The molecule has 3 aromatic rings. The largest absolute Gasteiger partial charge is 0.464 e. The molecule has 0 saturated heterocycles. The van der Waals surface area contributed by atoms with Crippen LogP contribution in [0.3, 0.4) is 0 Å². The first-order valence-electron chi connectivity index (χ1n) is 8.12. The molecule has 1 heterocycles. The van der Waals surface area contributed by atoms with Gasteiger partial charge in [-0.15, -0.1) is 0 Å². The third-order valence-electron chi connectivity index (χ3n) is 3.96. The molecule has 0 fully saturated rings. The second-order valence-electron chi connectivity index (χ2n) is 5.94. The summed E-state index contributed by atoms with van der Waals surface area (Å²) in [5, 5.41) is 3.06. The lowest BCUT2D eigenvalue weighted by molar-refractivity contribution is -0.135. The first kappa shape index (κ1) is 18.8. The first-order valence-corrected chi connectivity index (χ1v) is 8.92. The van der Waals surface area contributed by atoms with Crippen molar-refractivity contribution < 1.29 is 13.9 Å². The van der Waals surface area contributed by atoms with Crippen molar-refractivity contribution in [2.45, 2.75) is 13.8 Å². The highest BCUT2D eigenvalue weighted by molar-refractivity contribution is 9.10. The number of fused-ring (bicyclic) bond motifs is 1. The molecule has 27 heavy (non-hydrogen) atoms. The number of aryl methyl sites for hydroxylation is 2. The fraction of sp³-hybridized carbons (Fsp3) is 0.150. The predicted molar refractivity (Wildman–Crippen MR) is 108 cm³/mol. The van der Waals surface area contributed by atoms with E-state index in [0.717, 1.165) is 21.3 Å². The van der Waals surface area contributed by atoms with E-state index in [-0.39, 0.29) is 11.4 Å². The van der Waals surface area contributed by atoms with Crippen molar-refractivity contribution in [1.82, 2.24) is 4.98 Å². The van der Waals surface area contributed by atoms with Gasteiger partial charge in [-0.1, -0.05) is 28.1 Å². The highest BCUT2D eigenvalue weighted by Gasteiger charge is 2.16. The van der Waals surface area contributed by atoms with E-state index in [2.05, 4.69) is 26.2 Å². The van der Waals surface area contributed by atoms with Gasteiger partial charge in [0.05, 0.1) is 7.11 Å². The zero-order valence-electron chi connectivity index (χ0n) is 15.0. The zero-order chi connectivity index (χ0) is 19.6. The van der Waals surface area contributed by atoms with Gasteiger partial charge in [0.2, 0.25) is 0 Å². The molecule has 0 unspecified atom stereocenters. The Kier molecular flexibility index (Phi) is 5.41. The summed E-state index contributed by atoms with van der Waals surface area (Å²) in [5.74, 6) is -0.619. The third-order valence-corrected chi connectivity index (χ3v) is 4.42. The number of aromatic nitrogens is 1. The quantitative estimate of drug-likeness (QED) is 0.495. The molecule has 0 aliphatic rings. The van der Waals surface area contributed by atoms with Gasteiger partial charge in [-0.2, -0.15) is 0 Å². The number of methoxy groups -OCH3 is 1. The topological polar surface area (TPSA) is 81.4 Å². The van der Waals surface area contributed by atoms with E-state index >= 15 is 0 Å². The number of halogens is 1. The van der Waals surface area contributed by atoms with Gasteiger partial charge in [0.25, 0.3) is 0 Å². The van der Waals surface area contributed by atoms with E-state index in [1.807, 2.05) is 26.0 Å². The zero-order valence-corrected chi connectivity index (χ0v) is 16.6. The normalized spacial score (nSPS) is 11.5. The summed E-state index contributed by atoms with van der Waals surface area (Å²) >= 11 is 3.44. The van der Waals surface area contributed by atoms with E-state index in [1.54, 1.807) is 24.3 Å². The Morgan fingerprint density at radius 2 is 1.89 bits per heavy atom. The fourth-order valence-electron chi connectivity index (χ4n) is 2.69. The molecule has 138 valence electrons. The third kappa shape index (κ3) is 4.09. The molecule has 2 aromatic carbocycles. The second kappa shape index (κ2) is 7.75. The van der Waals surface area contributed by atoms with Gasteiger partial charge >= 0.3 is 11.6 Å². The lowest BCUT2D eigenvalue weighted by atomic mass is 10.1. The molecule has 1 N–H and O–H groups in total. The monoisotopic (exact) mass is 428 g/mol. The van der Waals surface area contributed by atoms with Crippen molar-refractivity contribution in [3.63, 3.8) is 0 Å². The van der Waals surface area contributed by atoms with Crippen molar-refractivity contribution in [2.75, 3.05) is 12.4 Å². The van der Waals surface area contributed by atoms with Gasteiger partial charge in [-0.3, -0.25) is 0 Å². The second-order valence-corrected chi connectivity index (χ2v) is 6.86. The Morgan fingerprint density at radius 1 is 1.22 bits per heavy atom. The number of ether oxygens (including phenoxy) is 1. The van der Waals surface area contributed by atoms with Gasteiger partial charge in [-0.05, 0) is 49.2 Å². The minimum atomic E-state index is -0.638. The molecule has 1 aromatic heterocycles. The van der Waals surface area contributed by atoms with E-state index in [1.165, 1.54) is 13.2 Å².